The zero-order chi connectivity index (χ0) is 11.7. The number of nitrogens with zero attached hydrogens (tertiary/aromatic N) is 1. The van der Waals surface area contributed by atoms with Crippen LogP contribution < -0.4 is 5.43 Å². The highest BCUT2D eigenvalue weighted by molar-refractivity contribution is 7.11. The van der Waals surface area contributed by atoms with Gasteiger partial charge in [-0.1, -0.05) is 12.5 Å². The first-order valence-electron chi connectivity index (χ1n) is 6.19. The van der Waals surface area contributed by atoms with Crippen LogP contribution >= 0.6 is 11.3 Å². The first-order chi connectivity index (χ1) is 8.33. The van der Waals surface area contributed by atoms with E-state index in [1.165, 1.54) is 19.3 Å². The third kappa shape index (κ3) is 2.27. The average Bonchev–Trinajstić information content (AvgIpc) is 3.05. The molecule has 90 valence electrons. The van der Waals surface area contributed by atoms with Gasteiger partial charge in [0.05, 0.1) is 6.21 Å². The van der Waals surface area contributed by atoms with Gasteiger partial charge < -0.3 is 0 Å². The molecule has 0 aliphatic heterocycles. The fourth-order valence-electron chi connectivity index (χ4n) is 3.17. The first kappa shape index (κ1) is 11.0. The van der Waals surface area contributed by atoms with Gasteiger partial charge in [0.2, 0.25) is 5.91 Å². The molecule has 1 aromatic heterocycles. The molecule has 2 aliphatic rings. The van der Waals surface area contributed by atoms with Gasteiger partial charge in [-0.15, -0.1) is 11.3 Å². The summed E-state index contributed by atoms with van der Waals surface area (Å²) in [6.45, 7) is 0. The number of nitrogens with one attached hydrogen (secondary N) is 1. The van der Waals surface area contributed by atoms with E-state index in [1.54, 1.807) is 17.6 Å². The van der Waals surface area contributed by atoms with Crippen LogP contribution in [-0.2, 0) is 4.79 Å². The quantitative estimate of drug-likeness (QED) is 0.648. The topological polar surface area (TPSA) is 41.5 Å². The second kappa shape index (κ2) is 4.61. The lowest BCUT2D eigenvalue weighted by Gasteiger charge is -2.19. The summed E-state index contributed by atoms with van der Waals surface area (Å²) in [5.41, 5.74) is 2.68. The van der Waals surface area contributed by atoms with Crippen molar-refractivity contribution < 1.29 is 4.79 Å². The molecule has 1 aromatic rings. The first-order valence-corrected chi connectivity index (χ1v) is 7.07. The molecule has 2 bridgehead atoms. The van der Waals surface area contributed by atoms with E-state index < -0.39 is 0 Å². The van der Waals surface area contributed by atoms with Crippen molar-refractivity contribution in [2.45, 2.75) is 25.7 Å². The number of thiophene rings is 1. The molecule has 3 unspecified atom stereocenters. The van der Waals surface area contributed by atoms with Gasteiger partial charge in [0.1, 0.15) is 0 Å². The van der Waals surface area contributed by atoms with Crippen LogP contribution in [0, 0.1) is 17.8 Å². The predicted octanol–water partition coefficient (Wildman–Crippen LogP) is 2.63. The van der Waals surface area contributed by atoms with E-state index in [9.17, 15) is 4.79 Å². The van der Waals surface area contributed by atoms with Crippen LogP contribution in [0.15, 0.2) is 22.6 Å². The van der Waals surface area contributed by atoms with Gasteiger partial charge in [0, 0.05) is 10.8 Å². The standard InChI is InChI=1S/C13H16N2OS/c16-13(12-7-9-3-4-10(12)6-9)15-14-8-11-2-1-5-17-11/h1-2,5,8-10,12H,3-4,6-7H2,(H,15,16)/b14-8-. The van der Waals surface area contributed by atoms with E-state index in [1.807, 2.05) is 17.5 Å². The fraction of sp³-hybridized carbons (Fsp3) is 0.538. The summed E-state index contributed by atoms with van der Waals surface area (Å²) in [5, 5.41) is 6.03. The minimum atomic E-state index is 0.116. The molecule has 0 saturated heterocycles. The maximum atomic E-state index is 11.9. The Labute approximate surface area is 105 Å². The van der Waals surface area contributed by atoms with Gasteiger partial charge in [-0.05, 0) is 42.5 Å². The van der Waals surface area contributed by atoms with Crippen molar-refractivity contribution in [2.75, 3.05) is 0 Å². The van der Waals surface area contributed by atoms with Crippen molar-refractivity contribution in [3.63, 3.8) is 0 Å². The number of rotatable bonds is 3. The molecule has 17 heavy (non-hydrogen) atoms. The molecule has 3 nitrogen and oxygen atoms in total. The molecule has 1 amide bonds. The number of hydrazone groups is 1. The lowest BCUT2D eigenvalue weighted by Crippen LogP contribution is -2.30. The molecule has 0 aromatic carbocycles. The molecule has 1 N–H and O–H groups in total. The SMILES string of the molecule is O=C(N/N=C\c1cccs1)C1CC2CCC1C2. The third-order valence-corrected chi connectivity index (χ3v) is 4.79. The Morgan fingerprint density at radius 1 is 1.47 bits per heavy atom. The predicted molar refractivity (Wildman–Crippen MR) is 69.0 cm³/mol. The number of carbonyl (C=O) groups is 1. The average molecular weight is 248 g/mol. The molecule has 0 radical (unpaired) electrons. The maximum absolute atomic E-state index is 11.9. The van der Waals surface area contributed by atoms with Crippen LogP contribution in [0.4, 0.5) is 0 Å². The zero-order valence-electron chi connectivity index (χ0n) is 9.63. The van der Waals surface area contributed by atoms with Crippen molar-refractivity contribution >= 4 is 23.5 Å². The molecule has 2 saturated carbocycles. The molecule has 0 spiro atoms. The van der Waals surface area contributed by atoms with Crippen LogP contribution in [0.2, 0.25) is 0 Å². The van der Waals surface area contributed by atoms with Gasteiger partial charge in [0.25, 0.3) is 0 Å². The molecular weight excluding hydrogens is 232 g/mol. The van der Waals surface area contributed by atoms with E-state index in [-0.39, 0.29) is 11.8 Å². The lowest BCUT2D eigenvalue weighted by atomic mass is 9.88. The van der Waals surface area contributed by atoms with Gasteiger partial charge >= 0.3 is 0 Å². The fourth-order valence-corrected chi connectivity index (χ4v) is 3.76. The van der Waals surface area contributed by atoms with Gasteiger partial charge in [-0.2, -0.15) is 5.10 Å². The highest BCUT2D eigenvalue weighted by Crippen LogP contribution is 2.48. The van der Waals surface area contributed by atoms with Gasteiger partial charge in [-0.25, -0.2) is 5.43 Å². The maximum Gasteiger partial charge on any atom is 0.243 e. The van der Waals surface area contributed by atoms with Crippen LogP contribution in [0.5, 0.6) is 0 Å². The summed E-state index contributed by atoms with van der Waals surface area (Å²) >= 11 is 1.62. The number of hydrogen-bond donors (Lipinski definition) is 1. The minimum absolute atomic E-state index is 0.116. The number of fused-ring (bicyclic) bond motifs is 2. The smallest absolute Gasteiger partial charge is 0.243 e. The van der Waals surface area contributed by atoms with E-state index in [0.29, 0.717) is 5.92 Å². The van der Waals surface area contributed by atoms with Crippen molar-refractivity contribution in [2.24, 2.45) is 22.9 Å². The van der Waals surface area contributed by atoms with Crippen molar-refractivity contribution in [1.82, 2.24) is 5.43 Å². The monoisotopic (exact) mass is 248 g/mol. The summed E-state index contributed by atoms with van der Waals surface area (Å²) in [5.74, 6) is 1.76. The normalized spacial score (nSPS) is 31.2. The van der Waals surface area contributed by atoms with Crippen LogP contribution in [0.25, 0.3) is 0 Å². The Morgan fingerprint density at radius 2 is 2.41 bits per heavy atom. The number of hydrogen-bond acceptors (Lipinski definition) is 3. The lowest BCUT2D eigenvalue weighted by molar-refractivity contribution is -0.126. The Bertz CT molecular complexity index is 427. The van der Waals surface area contributed by atoms with Crippen LogP contribution in [-0.4, -0.2) is 12.1 Å². The van der Waals surface area contributed by atoms with Gasteiger partial charge in [0.15, 0.2) is 0 Å². The summed E-state index contributed by atoms with van der Waals surface area (Å²) in [6.07, 6.45) is 6.61. The molecule has 1 heterocycles. The molecule has 3 rings (SSSR count). The molecule has 3 atom stereocenters. The second-order valence-corrected chi connectivity index (χ2v) is 6.01. The van der Waals surface area contributed by atoms with Crippen molar-refractivity contribution in [1.29, 1.82) is 0 Å². The Kier molecular flexibility index (Phi) is 2.97. The Hall–Kier alpha value is -1.16. The third-order valence-electron chi connectivity index (χ3n) is 3.98. The Balaban J connectivity index is 1.54. The highest BCUT2D eigenvalue weighted by atomic mass is 32.1. The summed E-state index contributed by atoms with van der Waals surface area (Å²) in [7, 11) is 0. The minimum Gasteiger partial charge on any atom is -0.273 e. The second-order valence-electron chi connectivity index (χ2n) is 5.03. The van der Waals surface area contributed by atoms with Crippen LogP contribution in [0.3, 0.4) is 0 Å². The number of carbonyl (C=O) groups excluding carboxylic acids is 1. The number of amides is 1. The van der Waals surface area contributed by atoms with E-state index in [4.69, 9.17) is 0 Å². The van der Waals surface area contributed by atoms with Crippen molar-refractivity contribution in [3.05, 3.63) is 22.4 Å². The molecular formula is C13H16N2OS. The Morgan fingerprint density at radius 3 is 3.06 bits per heavy atom. The zero-order valence-corrected chi connectivity index (χ0v) is 10.5. The molecule has 2 aliphatic carbocycles. The molecule has 4 heteroatoms. The van der Waals surface area contributed by atoms with E-state index in [0.717, 1.165) is 17.2 Å². The highest BCUT2D eigenvalue weighted by Gasteiger charge is 2.42. The van der Waals surface area contributed by atoms with Crippen LogP contribution in [0.1, 0.15) is 30.6 Å². The largest absolute Gasteiger partial charge is 0.273 e. The summed E-state index contributed by atoms with van der Waals surface area (Å²) in [6, 6.07) is 3.96. The van der Waals surface area contributed by atoms with Crippen molar-refractivity contribution in [3.8, 4) is 0 Å². The van der Waals surface area contributed by atoms with E-state index >= 15 is 0 Å². The molecule has 2 fully saturated rings. The van der Waals surface area contributed by atoms with Gasteiger partial charge in [-0.3, -0.25) is 4.79 Å². The van der Waals surface area contributed by atoms with E-state index in [2.05, 4.69) is 10.5 Å². The summed E-state index contributed by atoms with van der Waals surface area (Å²) < 4.78 is 0. The summed E-state index contributed by atoms with van der Waals surface area (Å²) in [4.78, 5) is 13.0.